The Morgan fingerprint density at radius 1 is 0.774 bits per heavy atom. The molecular formula is C23H15N3O3S2. The van der Waals surface area contributed by atoms with Crippen molar-refractivity contribution in [1.29, 1.82) is 0 Å². The Bertz CT molecular complexity index is 1340. The van der Waals surface area contributed by atoms with Gasteiger partial charge in [-0.1, -0.05) is 12.1 Å². The summed E-state index contributed by atoms with van der Waals surface area (Å²) in [5.74, 6) is -0.286. The van der Waals surface area contributed by atoms with Crippen LogP contribution in [0, 0.1) is 0 Å². The molecule has 0 aliphatic rings. The summed E-state index contributed by atoms with van der Waals surface area (Å²) in [6.45, 7) is 0. The van der Waals surface area contributed by atoms with Crippen LogP contribution in [0.15, 0.2) is 83.5 Å². The van der Waals surface area contributed by atoms with Crippen molar-refractivity contribution in [3.63, 3.8) is 0 Å². The lowest BCUT2D eigenvalue weighted by molar-refractivity contribution is 0.0994. The maximum absolute atomic E-state index is 12.6. The maximum Gasteiger partial charge on any atom is 0.291 e. The number of para-hydroxylation sites is 1. The molecule has 3 aromatic heterocycles. The average molecular weight is 446 g/mol. The Kier molecular flexibility index (Phi) is 5.07. The average Bonchev–Trinajstić information content (AvgIpc) is 3.54. The summed E-state index contributed by atoms with van der Waals surface area (Å²) in [5.41, 5.74) is 2.20. The van der Waals surface area contributed by atoms with Gasteiger partial charge < -0.3 is 15.1 Å². The number of hydrogen-bond acceptors (Lipinski definition) is 6. The molecular weight excluding hydrogens is 430 g/mol. The normalized spacial score (nSPS) is 10.8. The molecule has 0 aliphatic carbocycles. The number of furan rings is 1. The van der Waals surface area contributed by atoms with Crippen LogP contribution in [0.5, 0.6) is 0 Å². The van der Waals surface area contributed by atoms with E-state index in [0.29, 0.717) is 16.3 Å². The molecule has 0 bridgehead atoms. The number of thiazole rings is 1. The van der Waals surface area contributed by atoms with E-state index in [1.54, 1.807) is 53.8 Å². The number of benzene rings is 2. The molecule has 152 valence electrons. The Balaban J connectivity index is 1.25. The number of rotatable bonds is 5. The van der Waals surface area contributed by atoms with Crippen molar-refractivity contribution in [2.45, 2.75) is 0 Å². The molecule has 0 saturated heterocycles. The fourth-order valence-corrected chi connectivity index (χ4v) is 4.90. The summed E-state index contributed by atoms with van der Waals surface area (Å²) in [7, 11) is 0. The van der Waals surface area contributed by atoms with E-state index in [2.05, 4.69) is 15.6 Å². The number of fused-ring (bicyclic) bond motifs is 1. The number of anilines is 2. The van der Waals surface area contributed by atoms with Gasteiger partial charge >= 0.3 is 0 Å². The zero-order valence-corrected chi connectivity index (χ0v) is 17.6. The van der Waals surface area contributed by atoms with Crippen molar-refractivity contribution < 1.29 is 14.0 Å². The van der Waals surface area contributed by atoms with Gasteiger partial charge in [-0.3, -0.25) is 9.59 Å². The molecule has 5 rings (SSSR count). The lowest BCUT2D eigenvalue weighted by atomic mass is 10.2. The Labute approximate surface area is 185 Å². The molecule has 2 amide bonds. The standard InChI is InChI=1S/C23H15N3O3S2/c27-21(17-5-3-13-29-17)24-14-7-9-15(10-8-14)25-22(28)19-11-12-20(30-19)23-26-16-4-1-2-6-18(16)31-23/h1-13H,(H,24,27)(H,25,28). The first-order valence-electron chi connectivity index (χ1n) is 9.38. The van der Waals surface area contributed by atoms with Gasteiger partial charge in [0.1, 0.15) is 5.01 Å². The van der Waals surface area contributed by atoms with Gasteiger partial charge in [-0.15, -0.1) is 22.7 Å². The van der Waals surface area contributed by atoms with E-state index in [9.17, 15) is 9.59 Å². The van der Waals surface area contributed by atoms with E-state index in [0.717, 1.165) is 20.1 Å². The lowest BCUT2D eigenvalue weighted by Crippen LogP contribution is -2.12. The Morgan fingerprint density at radius 3 is 2.23 bits per heavy atom. The summed E-state index contributed by atoms with van der Waals surface area (Å²) in [4.78, 5) is 30.9. The highest BCUT2D eigenvalue weighted by Crippen LogP contribution is 2.34. The molecule has 0 saturated carbocycles. The predicted octanol–water partition coefficient (Wildman–Crippen LogP) is 6.12. The first-order chi connectivity index (χ1) is 15.2. The van der Waals surface area contributed by atoms with Crippen LogP contribution in [0.25, 0.3) is 20.1 Å². The van der Waals surface area contributed by atoms with Crippen LogP contribution >= 0.6 is 22.7 Å². The van der Waals surface area contributed by atoms with Crippen LogP contribution in [0.4, 0.5) is 11.4 Å². The SMILES string of the molecule is O=C(Nc1ccc(NC(=O)c2ccc(-c3nc4ccccc4s3)s2)cc1)c1ccco1. The fraction of sp³-hybridized carbons (Fsp3) is 0. The minimum Gasteiger partial charge on any atom is -0.459 e. The molecule has 31 heavy (non-hydrogen) atoms. The molecule has 0 radical (unpaired) electrons. The third kappa shape index (κ3) is 4.11. The van der Waals surface area contributed by atoms with Crippen LogP contribution in [0.2, 0.25) is 0 Å². The Morgan fingerprint density at radius 2 is 1.52 bits per heavy atom. The van der Waals surface area contributed by atoms with Gasteiger partial charge in [-0.2, -0.15) is 0 Å². The number of nitrogens with zero attached hydrogens (tertiary/aromatic N) is 1. The summed E-state index contributed by atoms with van der Waals surface area (Å²) in [5, 5.41) is 6.53. The molecule has 0 fully saturated rings. The van der Waals surface area contributed by atoms with E-state index < -0.39 is 0 Å². The summed E-state index contributed by atoms with van der Waals surface area (Å²) in [6.07, 6.45) is 1.44. The first-order valence-corrected chi connectivity index (χ1v) is 11.0. The van der Waals surface area contributed by atoms with Gasteiger partial charge in [0.05, 0.1) is 26.2 Å². The van der Waals surface area contributed by atoms with Crippen molar-refractivity contribution in [1.82, 2.24) is 4.98 Å². The molecule has 0 aliphatic heterocycles. The second-order valence-corrected chi connectivity index (χ2v) is 8.73. The van der Waals surface area contributed by atoms with E-state index in [1.807, 2.05) is 30.3 Å². The molecule has 0 atom stereocenters. The number of amides is 2. The monoisotopic (exact) mass is 445 g/mol. The zero-order valence-electron chi connectivity index (χ0n) is 16.0. The van der Waals surface area contributed by atoms with Crippen molar-refractivity contribution in [3.8, 4) is 9.88 Å². The van der Waals surface area contributed by atoms with Crippen LogP contribution in [-0.4, -0.2) is 16.8 Å². The largest absolute Gasteiger partial charge is 0.459 e. The highest BCUT2D eigenvalue weighted by Gasteiger charge is 2.14. The molecule has 0 unspecified atom stereocenters. The first kappa shape index (κ1) is 19.2. The van der Waals surface area contributed by atoms with Crippen molar-refractivity contribution >= 4 is 56.1 Å². The van der Waals surface area contributed by atoms with Crippen molar-refractivity contribution in [2.24, 2.45) is 0 Å². The van der Waals surface area contributed by atoms with E-state index in [4.69, 9.17) is 4.42 Å². The predicted molar refractivity (Wildman–Crippen MR) is 124 cm³/mol. The summed E-state index contributed by atoms with van der Waals surface area (Å²) in [6, 6.07) is 21.9. The molecule has 8 heteroatoms. The topological polar surface area (TPSA) is 84.2 Å². The third-order valence-corrected chi connectivity index (χ3v) is 6.77. The van der Waals surface area contributed by atoms with Gasteiger partial charge in [0.25, 0.3) is 11.8 Å². The van der Waals surface area contributed by atoms with Crippen LogP contribution in [0.3, 0.4) is 0 Å². The smallest absolute Gasteiger partial charge is 0.291 e. The maximum atomic E-state index is 12.6. The third-order valence-electron chi connectivity index (χ3n) is 4.48. The second kappa shape index (κ2) is 8.17. The molecule has 5 aromatic rings. The van der Waals surface area contributed by atoms with E-state index in [1.165, 1.54) is 17.6 Å². The van der Waals surface area contributed by atoms with Gasteiger partial charge in [0.15, 0.2) is 5.76 Å². The number of carbonyl (C=O) groups is 2. The van der Waals surface area contributed by atoms with Crippen molar-refractivity contribution in [3.05, 3.63) is 89.7 Å². The Hall–Kier alpha value is -3.75. The fourth-order valence-electron chi connectivity index (χ4n) is 2.98. The van der Waals surface area contributed by atoms with Gasteiger partial charge in [-0.05, 0) is 60.7 Å². The van der Waals surface area contributed by atoms with Crippen molar-refractivity contribution in [2.75, 3.05) is 10.6 Å². The molecule has 6 nitrogen and oxygen atoms in total. The summed E-state index contributed by atoms with van der Waals surface area (Å²) >= 11 is 3.02. The molecule has 2 N–H and O–H groups in total. The van der Waals surface area contributed by atoms with Crippen LogP contribution in [0.1, 0.15) is 20.2 Å². The van der Waals surface area contributed by atoms with Gasteiger partial charge in [0, 0.05) is 11.4 Å². The molecule has 2 aromatic carbocycles. The number of hydrogen-bond donors (Lipinski definition) is 2. The number of nitrogens with one attached hydrogen (secondary N) is 2. The number of thiophene rings is 1. The summed E-state index contributed by atoms with van der Waals surface area (Å²) < 4.78 is 6.19. The lowest BCUT2D eigenvalue weighted by Gasteiger charge is -2.06. The zero-order chi connectivity index (χ0) is 21.2. The highest BCUT2D eigenvalue weighted by molar-refractivity contribution is 7.26. The van der Waals surface area contributed by atoms with Gasteiger partial charge in [-0.25, -0.2) is 4.98 Å². The van der Waals surface area contributed by atoms with E-state index in [-0.39, 0.29) is 17.6 Å². The van der Waals surface area contributed by atoms with E-state index >= 15 is 0 Å². The number of carbonyl (C=O) groups excluding carboxylic acids is 2. The minimum absolute atomic E-state index is 0.190. The van der Waals surface area contributed by atoms with Gasteiger partial charge in [0.2, 0.25) is 0 Å². The highest BCUT2D eigenvalue weighted by atomic mass is 32.1. The molecule has 3 heterocycles. The van der Waals surface area contributed by atoms with Crippen LogP contribution in [-0.2, 0) is 0 Å². The quantitative estimate of drug-likeness (QED) is 0.341. The minimum atomic E-state index is -0.331. The molecule has 0 spiro atoms. The van der Waals surface area contributed by atoms with Crippen LogP contribution < -0.4 is 10.6 Å². The number of aromatic nitrogens is 1. The second-order valence-electron chi connectivity index (χ2n) is 6.61.